The average molecular weight is 343 g/mol. The van der Waals surface area contributed by atoms with Crippen LogP contribution in [0, 0.1) is 29.2 Å². The molecule has 0 aromatic heterocycles. The molecule has 0 heterocycles. The minimum atomic E-state index is 0.0724. The molecule has 0 saturated heterocycles. The van der Waals surface area contributed by atoms with E-state index < -0.39 is 0 Å². The molecule has 3 rings (SSSR count). The molecule has 0 fully saturated rings. The molecule has 3 heteroatoms. The van der Waals surface area contributed by atoms with E-state index in [0.717, 1.165) is 24.8 Å². The minimum Gasteiger partial charge on any atom is -0.378 e. The van der Waals surface area contributed by atoms with Gasteiger partial charge in [0.2, 0.25) is 0 Å². The van der Waals surface area contributed by atoms with Crippen molar-refractivity contribution in [3.63, 3.8) is 0 Å². The second-order valence-corrected chi connectivity index (χ2v) is 8.11. The van der Waals surface area contributed by atoms with Gasteiger partial charge in [-0.15, -0.1) is 0 Å². The van der Waals surface area contributed by atoms with Crippen LogP contribution >= 0.6 is 0 Å². The second kappa shape index (κ2) is 6.85. The maximum Gasteiger partial charge on any atom is 0.265 e. The number of benzene rings is 1. The molecule has 0 spiro atoms. The van der Waals surface area contributed by atoms with Gasteiger partial charge in [-0.25, -0.2) is 10.1 Å². The van der Waals surface area contributed by atoms with Crippen LogP contribution in [0.5, 0.6) is 0 Å². The molecule has 1 aromatic rings. The summed E-state index contributed by atoms with van der Waals surface area (Å²) >= 11 is 0. The number of anilines is 1. The summed E-state index contributed by atoms with van der Waals surface area (Å²) in [4.78, 5) is 5.54. The monoisotopic (exact) mass is 343 g/mol. The number of nitrogens with zero attached hydrogens (tertiary/aromatic N) is 3. The highest BCUT2D eigenvalue weighted by Crippen LogP contribution is 2.50. The number of nitriles is 1. The normalized spacial score (nSPS) is 22.9. The van der Waals surface area contributed by atoms with Crippen LogP contribution < -0.4 is 4.90 Å². The zero-order valence-electron chi connectivity index (χ0n) is 16.0. The van der Waals surface area contributed by atoms with Crippen molar-refractivity contribution in [2.45, 2.75) is 33.1 Å². The van der Waals surface area contributed by atoms with E-state index in [9.17, 15) is 5.26 Å². The van der Waals surface area contributed by atoms with Crippen molar-refractivity contribution in [1.29, 1.82) is 5.26 Å². The SMILES string of the molecule is [C-]#[N+]/C(C#N)=C1\C=C2C=C(c3ccc(N(C)C)cc3)CCC2C(C)(C)C1. The summed E-state index contributed by atoms with van der Waals surface area (Å²) in [5, 5.41) is 9.28. The van der Waals surface area contributed by atoms with Gasteiger partial charge in [-0.3, -0.25) is 0 Å². The third-order valence-corrected chi connectivity index (χ3v) is 5.65. The Bertz CT molecular complexity index is 865. The van der Waals surface area contributed by atoms with Crippen LogP contribution in [-0.2, 0) is 0 Å². The average Bonchev–Trinajstić information content (AvgIpc) is 2.62. The molecule has 1 unspecified atom stereocenters. The van der Waals surface area contributed by atoms with Crippen molar-refractivity contribution in [2.75, 3.05) is 19.0 Å². The number of allylic oxidation sites excluding steroid dienone is 6. The van der Waals surface area contributed by atoms with Crippen LogP contribution in [0.15, 0.2) is 53.3 Å². The van der Waals surface area contributed by atoms with E-state index in [4.69, 9.17) is 6.57 Å². The molecule has 0 N–H and O–H groups in total. The zero-order valence-corrected chi connectivity index (χ0v) is 16.0. The Balaban J connectivity index is 2.02. The topological polar surface area (TPSA) is 31.4 Å². The van der Waals surface area contributed by atoms with E-state index in [0.29, 0.717) is 5.92 Å². The highest BCUT2D eigenvalue weighted by Gasteiger charge is 2.37. The van der Waals surface area contributed by atoms with E-state index in [1.165, 1.54) is 22.4 Å². The van der Waals surface area contributed by atoms with Gasteiger partial charge in [0.15, 0.2) is 0 Å². The molecule has 1 atom stereocenters. The molecular weight excluding hydrogens is 318 g/mol. The van der Waals surface area contributed by atoms with E-state index in [1.807, 2.05) is 14.1 Å². The van der Waals surface area contributed by atoms with Crippen molar-refractivity contribution in [3.8, 4) is 6.07 Å². The maximum absolute atomic E-state index is 9.28. The van der Waals surface area contributed by atoms with E-state index in [1.54, 1.807) is 0 Å². The van der Waals surface area contributed by atoms with Crippen molar-refractivity contribution in [2.24, 2.45) is 11.3 Å². The second-order valence-electron chi connectivity index (χ2n) is 8.11. The van der Waals surface area contributed by atoms with Crippen molar-refractivity contribution in [3.05, 3.63) is 70.2 Å². The van der Waals surface area contributed by atoms with Crippen LogP contribution in [-0.4, -0.2) is 14.1 Å². The van der Waals surface area contributed by atoms with Gasteiger partial charge in [0.1, 0.15) is 0 Å². The molecule has 2 aliphatic carbocycles. The minimum absolute atomic E-state index is 0.0724. The largest absolute Gasteiger partial charge is 0.378 e. The fourth-order valence-corrected chi connectivity index (χ4v) is 4.21. The Morgan fingerprint density at radius 2 is 1.92 bits per heavy atom. The molecule has 0 aliphatic heterocycles. The number of rotatable bonds is 2. The Kier molecular flexibility index (Phi) is 4.75. The standard InChI is InChI=1S/C23H25N3/c1-23(2)14-19(22(15-24)25-3)13-18-12-17(8-11-21(18)23)16-6-9-20(10-7-16)26(4)5/h6-7,9-10,12-13,21H,8,11,14H2,1-2,4-5H3/b22-19+. The summed E-state index contributed by atoms with van der Waals surface area (Å²) in [6.07, 6.45) is 7.37. The number of hydrogen-bond acceptors (Lipinski definition) is 2. The highest BCUT2D eigenvalue weighted by molar-refractivity contribution is 5.72. The summed E-state index contributed by atoms with van der Waals surface area (Å²) < 4.78 is 0. The molecule has 132 valence electrons. The predicted octanol–water partition coefficient (Wildman–Crippen LogP) is 5.60. The molecule has 0 amide bonds. The van der Waals surface area contributed by atoms with Crippen LogP contribution in [0.2, 0.25) is 0 Å². The number of fused-ring (bicyclic) bond motifs is 1. The lowest BCUT2D eigenvalue weighted by Gasteiger charge is -2.42. The molecule has 26 heavy (non-hydrogen) atoms. The number of hydrogen-bond donors (Lipinski definition) is 0. The molecule has 3 nitrogen and oxygen atoms in total. The van der Waals surface area contributed by atoms with Gasteiger partial charge >= 0.3 is 0 Å². The van der Waals surface area contributed by atoms with Crippen LogP contribution in [0.1, 0.15) is 38.7 Å². The summed E-state index contributed by atoms with van der Waals surface area (Å²) in [7, 11) is 4.10. The first-order valence-electron chi connectivity index (χ1n) is 9.06. The van der Waals surface area contributed by atoms with Crippen molar-refractivity contribution >= 4 is 11.3 Å². The quantitative estimate of drug-likeness (QED) is 0.517. The van der Waals surface area contributed by atoms with E-state index in [2.05, 4.69) is 66.1 Å². The van der Waals surface area contributed by atoms with Gasteiger partial charge in [0, 0.05) is 19.8 Å². The molecular formula is C23H25N3. The lowest BCUT2D eigenvalue weighted by Crippen LogP contribution is -2.31. The maximum atomic E-state index is 9.28. The third kappa shape index (κ3) is 3.31. The van der Waals surface area contributed by atoms with Gasteiger partial charge < -0.3 is 4.90 Å². The molecule has 0 radical (unpaired) electrons. The van der Waals surface area contributed by atoms with Crippen molar-refractivity contribution in [1.82, 2.24) is 0 Å². The Labute approximate surface area is 156 Å². The van der Waals surface area contributed by atoms with Gasteiger partial charge in [0.25, 0.3) is 5.70 Å². The predicted molar refractivity (Wildman–Crippen MR) is 107 cm³/mol. The zero-order chi connectivity index (χ0) is 18.9. The molecule has 0 saturated carbocycles. The lowest BCUT2D eigenvalue weighted by molar-refractivity contribution is 0.227. The first kappa shape index (κ1) is 18.0. The van der Waals surface area contributed by atoms with Crippen LogP contribution in [0.4, 0.5) is 5.69 Å². The Hall–Kier alpha value is -2.78. The Morgan fingerprint density at radius 3 is 2.50 bits per heavy atom. The van der Waals surface area contributed by atoms with E-state index >= 15 is 0 Å². The van der Waals surface area contributed by atoms with Crippen LogP contribution in [0.25, 0.3) is 10.4 Å². The van der Waals surface area contributed by atoms with Gasteiger partial charge in [-0.2, -0.15) is 0 Å². The first-order chi connectivity index (χ1) is 12.4. The summed E-state index contributed by atoms with van der Waals surface area (Å²) in [6, 6.07) is 10.7. The van der Waals surface area contributed by atoms with Crippen LogP contribution in [0.3, 0.4) is 0 Å². The Morgan fingerprint density at radius 1 is 1.23 bits per heavy atom. The van der Waals surface area contributed by atoms with E-state index in [-0.39, 0.29) is 11.1 Å². The smallest absolute Gasteiger partial charge is 0.265 e. The summed E-state index contributed by atoms with van der Waals surface area (Å²) in [6.45, 7) is 11.8. The van der Waals surface area contributed by atoms with Gasteiger partial charge in [-0.1, -0.05) is 38.1 Å². The fourth-order valence-electron chi connectivity index (χ4n) is 4.21. The summed E-state index contributed by atoms with van der Waals surface area (Å²) in [5.41, 5.74) is 6.26. The summed E-state index contributed by atoms with van der Waals surface area (Å²) in [5.74, 6) is 0.488. The lowest BCUT2D eigenvalue weighted by atomic mass is 9.62. The fraction of sp³-hybridized carbons (Fsp3) is 0.391. The van der Waals surface area contributed by atoms with Gasteiger partial charge in [-0.05, 0) is 65.0 Å². The molecule has 2 aliphatic rings. The molecule has 1 aromatic carbocycles. The molecule has 0 bridgehead atoms. The third-order valence-electron chi connectivity index (χ3n) is 5.65. The van der Waals surface area contributed by atoms with Crippen molar-refractivity contribution < 1.29 is 0 Å². The highest BCUT2D eigenvalue weighted by atomic mass is 15.1. The van der Waals surface area contributed by atoms with Gasteiger partial charge in [0.05, 0.1) is 12.6 Å². The first-order valence-corrected chi connectivity index (χ1v) is 9.06.